The Morgan fingerprint density at radius 1 is 0.882 bits per heavy atom. The number of nitrogens with one attached hydrogen (secondary N) is 1. The molecule has 0 unspecified atom stereocenters. The van der Waals surface area contributed by atoms with Crippen LogP contribution in [0.1, 0.15) is 10.4 Å². The molecule has 0 aliphatic rings. The molecular weight excluding hydrogens is 460 g/mol. The predicted octanol–water partition coefficient (Wildman–Crippen LogP) is 3.32. The molecule has 3 rings (SSSR count). The van der Waals surface area contributed by atoms with E-state index in [0.717, 1.165) is 4.31 Å². The highest BCUT2D eigenvalue weighted by Gasteiger charge is 2.30. The van der Waals surface area contributed by atoms with Crippen molar-refractivity contribution in [3.05, 3.63) is 78.4 Å². The first-order valence-electron chi connectivity index (χ1n) is 10.1. The monoisotopic (exact) mass is 484 g/mol. The number of hydrogen-bond donors (Lipinski definition) is 1. The summed E-state index contributed by atoms with van der Waals surface area (Å²) >= 11 is 0. The Hall–Kier alpha value is -4.05. The van der Waals surface area contributed by atoms with E-state index in [1.54, 1.807) is 42.5 Å². The van der Waals surface area contributed by atoms with Crippen molar-refractivity contribution in [2.45, 2.75) is 4.90 Å². The van der Waals surface area contributed by atoms with Gasteiger partial charge in [-0.15, -0.1) is 0 Å². The highest BCUT2D eigenvalue weighted by atomic mass is 32.2. The molecule has 1 N–H and O–H groups in total. The minimum Gasteiger partial charge on any atom is -0.497 e. The first-order valence-corrected chi connectivity index (χ1v) is 11.5. The molecule has 34 heavy (non-hydrogen) atoms. The maximum absolute atomic E-state index is 13.6. The van der Waals surface area contributed by atoms with Crippen molar-refractivity contribution in [1.29, 1.82) is 0 Å². The van der Waals surface area contributed by atoms with E-state index in [1.165, 1.54) is 51.7 Å². The van der Waals surface area contributed by atoms with E-state index in [4.69, 9.17) is 14.2 Å². The Morgan fingerprint density at radius 2 is 1.62 bits per heavy atom. The number of rotatable bonds is 9. The van der Waals surface area contributed by atoms with Gasteiger partial charge in [-0.25, -0.2) is 13.2 Å². The molecule has 3 aromatic carbocycles. The zero-order valence-corrected chi connectivity index (χ0v) is 19.7. The molecule has 0 aromatic heterocycles. The molecule has 9 nitrogen and oxygen atoms in total. The van der Waals surface area contributed by atoms with Crippen LogP contribution in [0.25, 0.3) is 0 Å². The summed E-state index contributed by atoms with van der Waals surface area (Å²) in [5.41, 5.74) is 0.676. The average molecular weight is 485 g/mol. The van der Waals surface area contributed by atoms with Crippen LogP contribution in [0.3, 0.4) is 0 Å². The lowest BCUT2D eigenvalue weighted by Crippen LogP contribution is -2.38. The summed E-state index contributed by atoms with van der Waals surface area (Å²) in [4.78, 5) is 24.8. The van der Waals surface area contributed by atoms with E-state index < -0.39 is 28.4 Å². The van der Waals surface area contributed by atoms with Gasteiger partial charge in [0.15, 0.2) is 0 Å². The van der Waals surface area contributed by atoms with Crippen molar-refractivity contribution < 1.29 is 32.2 Å². The molecule has 0 radical (unpaired) electrons. The average Bonchev–Trinajstić information content (AvgIpc) is 2.87. The maximum atomic E-state index is 13.6. The van der Waals surface area contributed by atoms with Crippen LogP contribution >= 0.6 is 0 Å². The molecule has 1 amide bonds. The number of hydrogen-bond acceptors (Lipinski definition) is 7. The van der Waals surface area contributed by atoms with Gasteiger partial charge < -0.3 is 19.5 Å². The van der Waals surface area contributed by atoms with Crippen LogP contribution in [0.2, 0.25) is 0 Å². The molecule has 0 spiro atoms. The molecule has 0 bridgehead atoms. The third-order valence-electron chi connectivity index (χ3n) is 4.84. The number of esters is 1. The van der Waals surface area contributed by atoms with Gasteiger partial charge in [-0.3, -0.25) is 9.10 Å². The summed E-state index contributed by atoms with van der Waals surface area (Å²) in [5, 5.41) is 2.63. The number of carbonyl (C=O) groups excluding carboxylic acids is 2. The van der Waals surface area contributed by atoms with E-state index >= 15 is 0 Å². The third kappa shape index (κ3) is 5.46. The van der Waals surface area contributed by atoms with Crippen molar-refractivity contribution in [1.82, 2.24) is 0 Å². The second kappa shape index (κ2) is 10.7. The quantitative estimate of drug-likeness (QED) is 0.464. The van der Waals surface area contributed by atoms with Gasteiger partial charge in [0.1, 0.15) is 18.0 Å². The lowest BCUT2D eigenvalue weighted by atomic mass is 10.2. The molecule has 0 aliphatic carbocycles. The Kier molecular flexibility index (Phi) is 7.75. The second-order valence-electron chi connectivity index (χ2n) is 6.98. The number of sulfonamides is 1. The summed E-state index contributed by atoms with van der Waals surface area (Å²) in [7, 11) is -0.0635. The molecule has 10 heteroatoms. The first kappa shape index (κ1) is 24.6. The molecule has 3 aromatic rings. The summed E-state index contributed by atoms with van der Waals surface area (Å²) in [6.07, 6.45) is 0. The minimum absolute atomic E-state index is 0.000335. The summed E-state index contributed by atoms with van der Waals surface area (Å²) in [5.74, 6) is -0.576. The van der Waals surface area contributed by atoms with E-state index in [9.17, 15) is 18.0 Å². The summed E-state index contributed by atoms with van der Waals surface area (Å²) in [6.45, 7) is -0.566. The fraction of sp³-hybridized carbons (Fsp3) is 0.167. The molecule has 0 heterocycles. The van der Waals surface area contributed by atoms with Gasteiger partial charge in [0, 0.05) is 11.8 Å². The maximum Gasteiger partial charge on any atom is 0.337 e. The standard InChI is InChI=1S/C24H24N2O7S/c1-31-19-12-13-22(32-2)21(15-19)26(34(29,30)20-10-5-4-6-11-20)16-23(27)25-18-9-7-8-17(14-18)24(28)33-3/h4-15H,16H2,1-3H3,(H,25,27). The number of carbonyl (C=O) groups is 2. The number of anilines is 2. The Balaban J connectivity index is 2.00. The molecule has 0 aliphatic heterocycles. The molecule has 0 fully saturated rings. The van der Waals surface area contributed by atoms with Gasteiger partial charge in [0.2, 0.25) is 5.91 Å². The Labute approximate surface area is 197 Å². The number of nitrogens with zero attached hydrogens (tertiary/aromatic N) is 1. The van der Waals surface area contributed by atoms with Crippen molar-refractivity contribution in [3.8, 4) is 11.5 Å². The predicted molar refractivity (Wildman–Crippen MR) is 127 cm³/mol. The highest BCUT2D eigenvalue weighted by Crippen LogP contribution is 2.35. The SMILES string of the molecule is COC(=O)c1cccc(NC(=O)CN(c2cc(OC)ccc2OC)S(=O)(=O)c2ccccc2)c1. The highest BCUT2D eigenvalue weighted by molar-refractivity contribution is 7.92. The van der Waals surface area contributed by atoms with Gasteiger partial charge in [0.05, 0.1) is 37.5 Å². The van der Waals surface area contributed by atoms with E-state index in [2.05, 4.69) is 5.32 Å². The van der Waals surface area contributed by atoms with Gasteiger partial charge >= 0.3 is 5.97 Å². The molecule has 0 atom stereocenters. The van der Waals surface area contributed by atoms with Crippen molar-refractivity contribution in [2.75, 3.05) is 37.5 Å². The van der Waals surface area contributed by atoms with Crippen LogP contribution in [0.4, 0.5) is 11.4 Å². The lowest BCUT2D eigenvalue weighted by molar-refractivity contribution is -0.114. The first-order chi connectivity index (χ1) is 16.3. The zero-order valence-electron chi connectivity index (χ0n) is 18.8. The topological polar surface area (TPSA) is 111 Å². The van der Waals surface area contributed by atoms with Crippen LogP contribution in [-0.2, 0) is 19.6 Å². The van der Waals surface area contributed by atoms with E-state index in [0.29, 0.717) is 11.4 Å². The summed E-state index contributed by atoms with van der Waals surface area (Å²) < 4.78 is 43.4. The van der Waals surface area contributed by atoms with E-state index in [-0.39, 0.29) is 21.9 Å². The Morgan fingerprint density at radius 3 is 2.26 bits per heavy atom. The lowest BCUT2D eigenvalue weighted by Gasteiger charge is -2.26. The number of ether oxygens (including phenoxy) is 3. The van der Waals surface area contributed by atoms with Crippen molar-refractivity contribution >= 4 is 33.3 Å². The van der Waals surface area contributed by atoms with Crippen LogP contribution in [0.5, 0.6) is 11.5 Å². The van der Waals surface area contributed by atoms with Crippen LogP contribution in [0, 0.1) is 0 Å². The Bertz CT molecular complexity index is 1280. The smallest absolute Gasteiger partial charge is 0.337 e. The van der Waals surface area contributed by atoms with E-state index in [1.807, 2.05) is 0 Å². The van der Waals surface area contributed by atoms with Gasteiger partial charge in [0.25, 0.3) is 10.0 Å². The largest absolute Gasteiger partial charge is 0.497 e. The summed E-state index contributed by atoms with van der Waals surface area (Å²) in [6, 6.07) is 18.5. The number of methoxy groups -OCH3 is 3. The third-order valence-corrected chi connectivity index (χ3v) is 6.61. The second-order valence-corrected chi connectivity index (χ2v) is 8.85. The van der Waals surface area contributed by atoms with Crippen LogP contribution in [0.15, 0.2) is 77.7 Å². The fourth-order valence-corrected chi connectivity index (χ4v) is 4.63. The molecule has 0 saturated carbocycles. The van der Waals surface area contributed by atoms with Gasteiger partial charge in [-0.1, -0.05) is 24.3 Å². The number of benzene rings is 3. The molecule has 178 valence electrons. The molecule has 0 saturated heterocycles. The normalized spacial score (nSPS) is 10.8. The van der Waals surface area contributed by atoms with Gasteiger partial charge in [-0.2, -0.15) is 0 Å². The number of amides is 1. The van der Waals surface area contributed by atoms with Crippen LogP contribution in [-0.4, -0.2) is 48.2 Å². The van der Waals surface area contributed by atoms with Crippen molar-refractivity contribution in [2.24, 2.45) is 0 Å². The van der Waals surface area contributed by atoms with Crippen LogP contribution < -0.4 is 19.1 Å². The molecular formula is C24H24N2O7S. The van der Waals surface area contributed by atoms with Gasteiger partial charge in [-0.05, 0) is 42.5 Å². The minimum atomic E-state index is -4.16. The fourth-order valence-electron chi connectivity index (χ4n) is 3.18. The zero-order chi connectivity index (χ0) is 24.7. The van der Waals surface area contributed by atoms with Crippen molar-refractivity contribution in [3.63, 3.8) is 0 Å².